The van der Waals surface area contributed by atoms with Gasteiger partial charge in [-0.2, -0.15) is 0 Å². The van der Waals surface area contributed by atoms with Crippen molar-refractivity contribution in [2.24, 2.45) is 0 Å². The molecule has 0 spiro atoms. The molecule has 0 radical (unpaired) electrons. The van der Waals surface area contributed by atoms with Crippen molar-refractivity contribution in [1.82, 2.24) is 20.2 Å². The molecule has 2 N–H and O–H groups in total. The van der Waals surface area contributed by atoms with Crippen LogP contribution in [-0.4, -0.2) is 46.1 Å². The maximum absolute atomic E-state index is 15.2. The van der Waals surface area contributed by atoms with Crippen LogP contribution in [0.1, 0.15) is 34.5 Å². The molecule has 2 aromatic heterocycles. The molecule has 7 heteroatoms. The first-order chi connectivity index (χ1) is 13.9. The van der Waals surface area contributed by atoms with E-state index in [-0.39, 0.29) is 12.5 Å². The molecule has 5 nitrogen and oxygen atoms in total. The Morgan fingerprint density at radius 1 is 1.31 bits per heavy atom. The van der Waals surface area contributed by atoms with Crippen molar-refractivity contribution in [3.8, 4) is 0 Å². The van der Waals surface area contributed by atoms with E-state index in [9.17, 15) is 4.79 Å². The number of H-pyrrole nitrogens is 1. The number of aryl methyl sites for hydroxylation is 1. The Bertz CT molecular complexity index is 1010. The first-order valence-electron chi connectivity index (χ1n) is 9.81. The molecule has 0 bridgehead atoms. The lowest BCUT2D eigenvalue weighted by atomic mass is 9.92. The number of amides is 1. The molecule has 1 aliphatic heterocycles. The highest BCUT2D eigenvalue weighted by atomic mass is 79.9. The number of carbonyl (C=O) groups is 1. The van der Waals surface area contributed by atoms with Gasteiger partial charge in [0.05, 0.1) is 11.3 Å². The summed E-state index contributed by atoms with van der Waals surface area (Å²) in [5, 5.41) is 4.07. The number of pyridine rings is 1. The lowest BCUT2D eigenvalue weighted by Gasteiger charge is -2.36. The van der Waals surface area contributed by atoms with Gasteiger partial charge in [0, 0.05) is 66.8 Å². The normalized spacial score (nSPS) is 16.3. The standard InChI is InChI=1S/C22H24BrFN4O/c1-15-2-4-17(26-11-15)12-25-14-22(24)6-8-28(9-7-22)21(29)19-13-27-20-10-16(23)3-5-18(19)20/h2-5,10-11,13,25,27H,6-9,12,14H2,1H3. The van der Waals surface area contributed by atoms with Crippen molar-refractivity contribution >= 4 is 32.7 Å². The van der Waals surface area contributed by atoms with Crippen molar-refractivity contribution in [1.29, 1.82) is 0 Å². The zero-order valence-electron chi connectivity index (χ0n) is 16.3. The minimum atomic E-state index is -1.30. The largest absolute Gasteiger partial charge is 0.360 e. The topological polar surface area (TPSA) is 61.0 Å². The summed E-state index contributed by atoms with van der Waals surface area (Å²) in [7, 11) is 0. The van der Waals surface area contributed by atoms with Gasteiger partial charge >= 0.3 is 0 Å². The van der Waals surface area contributed by atoms with Crippen molar-refractivity contribution in [2.75, 3.05) is 19.6 Å². The van der Waals surface area contributed by atoms with E-state index in [2.05, 4.69) is 31.2 Å². The van der Waals surface area contributed by atoms with E-state index in [4.69, 9.17) is 0 Å². The summed E-state index contributed by atoms with van der Waals surface area (Å²) >= 11 is 3.44. The van der Waals surface area contributed by atoms with Crippen LogP contribution in [0.5, 0.6) is 0 Å². The van der Waals surface area contributed by atoms with Crippen LogP contribution in [0.25, 0.3) is 10.9 Å². The summed E-state index contributed by atoms with van der Waals surface area (Å²) < 4.78 is 16.1. The van der Waals surface area contributed by atoms with Crippen LogP contribution in [-0.2, 0) is 6.54 Å². The summed E-state index contributed by atoms with van der Waals surface area (Å²) in [5.41, 5.74) is 2.26. The molecular formula is C22H24BrFN4O. The molecule has 0 unspecified atom stereocenters. The van der Waals surface area contributed by atoms with Gasteiger partial charge in [0.25, 0.3) is 5.91 Å². The number of nitrogens with one attached hydrogen (secondary N) is 2. The van der Waals surface area contributed by atoms with E-state index in [0.717, 1.165) is 26.6 Å². The quantitative estimate of drug-likeness (QED) is 0.596. The lowest BCUT2D eigenvalue weighted by molar-refractivity contribution is 0.0436. The number of halogens is 2. The Kier molecular flexibility index (Phi) is 5.69. The molecule has 1 fully saturated rings. The second-order valence-corrected chi connectivity index (χ2v) is 8.68. The van der Waals surface area contributed by atoms with Crippen LogP contribution >= 0.6 is 15.9 Å². The molecule has 3 heterocycles. The molecule has 1 amide bonds. The second-order valence-electron chi connectivity index (χ2n) is 7.77. The van der Waals surface area contributed by atoms with Crippen LogP contribution < -0.4 is 5.32 Å². The number of piperidine rings is 1. The van der Waals surface area contributed by atoms with E-state index in [1.165, 1.54) is 0 Å². The first kappa shape index (κ1) is 20.0. The van der Waals surface area contributed by atoms with Gasteiger partial charge in [-0.25, -0.2) is 4.39 Å². The van der Waals surface area contributed by atoms with Gasteiger partial charge in [-0.1, -0.05) is 28.1 Å². The van der Waals surface area contributed by atoms with Gasteiger partial charge in [-0.15, -0.1) is 0 Å². The Balaban J connectivity index is 1.33. The molecule has 4 rings (SSSR count). The number of nitrogens with zero attached hydrogens (tertiary/aromatic N) is 2. The van der Waals surface area contributed by atoms with Crippen molar-refractivity contribution in [3.63, 3.8) is 0 Å². The Morgan fingerprint density at radius 2 is 2.10 bits per heavy atom. The third-order valence-corrected chi connectivity index (χ3v) is 6.03. The highest BCUT2D eigenvalue weighted by Crippen LogP contribution is 2.29. The Morgan fingerprint density at radius 3 is 2.83 bits per heavy atom. The van der Waals surface area contributed by atoms with Gasteiger partial charge in [-0.05, 0) is 30.7 Å². The van der Waals surface area contributed by atoms with Crippen LogP contribution in [0.4, 0.5) is 4.39 Å². The van der Waals surface area contributed by atoms with E-state index >= 15 is 4.39 Å². The number of carbonyl (C=O) groups excluding carboxylic acids is 1. The molecule has 29 heavy (non-hydrogen) atoms. The number of hydrogen-bond acceptors (Lipinski definition) is 3. The van der Waals surface area contributed by atoms with E-state index in [1.54, 1.807) is 11.1 Å². The summed E-state index contributed by atoms with van der Waals surface area (Å²) in [5.74, 6) is -0.0440. The summed E-state index contributed by atoms with van der Waals surface area (Å²) in [6.07, 6.45) is 4.23. The minimum Gasteiger partial charge on any atom is -0.360 e. The summed E-state index contributed by atoms with van der Waals surface area (Å²) in [6, 6.07) is 9.75. The predicted molar refractivity (Wildman–Crippen MR) is 116 cm³/mol. The monoisotopic (exact) mass is 458 g/mol. The Hall–Kier alpha value is -2.25. The number of likely N-dealkylation sites (tertiary alicyclic amines) is 1. The summed E-state index contributed by atoms with van der Waals surface area (Å²) in [6.45, 7) is 3.64. The van der Waals surface area contributed by atoms with E-state index < -0.39 is 5.67 Å². The first-order valence-corrected chi connectivity index (χ1v) is 10.6. The van der Waals surface area contributed by atoms with Gasteiger partial charge in [0.2, 0.25) is 0 Å². The molecule has 1 aromatic carbocycles. The second kappa shape index (κ2) is 8.24. The van der Waals surface area contributed by atoms with Gasteiger partial charge < -0.3 is 15.2 Å². The number of rotatable bonds is 5. The molecule has 0 aliphatic carbocycles. The molecule has 0 atom stereocenters. The highest BCUT2D eigenvalue weighted by Gasteiger charge is 2.36. The Labute approximate surface area is 177 Å². The maximum atomic E-state index is 15.2. The molecule has 0 saturated carbocycles. The van der Waals surface area contributed by atoms with Gasteiger partial charge in [-0.3, -0.25) is 9.78 Å². The maximum Gasteiger partial charge on any atom is 0.256 e. The average molecular weight is 459 g/mol. The third kappa shape index (κ3) is 4.51. The SMILES string of the molecule is Cc1ccc(CNCC2(F)CCN(C(=O)c3c[nH]c4cc(Br)ccc34)CC2)nc1. The zero-order valence-corrected chi connectivity index (χ0v) is 17.9. The number of aromatic nitrogens is 2. The predicted octanol–water partition coefficient (Wildman–Crippen LogP) is 4.37. The minimum absolute atomic E-state index is 0.0440. The third-order valence-electron chi connectivity index (χ3n) is 5.54. The fraction of sp³-hybridized carbons (Fsp3) is 0.364. The molecular weight excluding hydrogens is 435 g/mol. The van der Waals surface area contributed by atoms with Crippen LogP contribution in [0.15, 0.2) is 47.2 Å². The van der Waals surface area contributed by atoms with Crippen LogP contribution in [0.3, 0.4) is 0 Å². The van der Waals surface area contributed by atoms with Gasteiger partial charge in [0.1, 0.15) is 5.67 Å². The molecule has 3 aromatic rings. The van der Waals surface area contributed by atoms with E-state index in [1.807, 2.05) is 43.5 Å². The fourth-order valence-electron chi connectivity index (χ4n) is 3.75. The number of hydrogen-bond donors (Lipinski definition) is 2. The lowest BCUT2D eigenvalue weighted by Crippen LogP contribution is -2.48. The highest BCUT2D eigenvalue weighted by molar-refractivity contribution is 9.10. The average Bonchev–Trinajstić information content (AvgIpc) is 3.12. The number of aromatic amines is 1. The summed E-state index contributed by atoms with van der Waals surface area (Å²) in [4.78, 5) is 22.2. The van der Waals surface area contributed by atoms with Crippen LogP contribution in [0.2, 0.25) is 0 Å². The van der Waals surface area contributed by atoms with Crippen LogP contribution in [0, 0.1) is 6.92 Å². The molecule has 1 aliphatic rings. The molecule has 1 saturated heterocycles. The smallest absolute Gasteiger partial charge is 0.256 e. The number of fused-ring (bicyclic) bond motifs is 1. The van der Waals surface area contributed by atoms with Crippen molar-refractivity contribution < 1.29 is 9.18 Å². The van der Waals surface area contributed by atoms with Gasteiger partial charge in [0.15, 0.2) is 0 Å². The van der Waals surface area contributed by atoms with Crippen molar-refractivity contribution in [3.05, 3.63) is 64.0 Å². The van der Waals surface area contributed by atoms with Crippen molar-refractivity contribution in [2.45, 2.75) is 32.0 Å². The zero-order chi connectivity index (χ0) is 20.4. The van der Waals surface area contributed by atoms with E-state index in [0.29, 0.717) is 38.0 Å². The number of benzene rings is 1. The molecule has 152 valence electrons. The number of alkyl halides is 1. The fourth-order valence-corrected chi connectivity index (χ4v) is 4.11.